The summed E-state index contributed by atoms with van der Waals surface area (Å²) in [4.78, 5) is 110. The number of nitrogens with zero attached hydrogens (tertiary/aromatic N) is 4. The molecule has 1 aromatic heterocycles. The fourth-order valence-electron chi connectivity index (χ4n) is 11.8. The van der Waals surface area contributed by atoms with Crippen LogP contribution in [0.3, 0.4) is 0 Å². The number of para-hydroxylation sites is 1. The third-order valence-electron chi connectivity index (χ3n) is 16.6. The molecule has 0 aliphatic carbocycles. The second-order valence-electron chi connectivity index (χ2n) is 22.6. The number of aliphatic hydroxyl groups is 1. The van der Waals surface area contributed by atoms with E-state index in [-0.39, 0.29) is 66.2 Å². The molecule has 3 heterocycles. The Balaban J connectivity index is 1.39. The van der Waals surface area contributed by atoms with E-state index in [0.29, 0.717) is 96.9 Å². The van der Waals surface area contributed by atoms with Crippen LogP contribution < -0.4 is 5.73 Å². The van der Waals surface area contributed by atoms with Crippen LogP contribution in [0.2, 0.25) is 0 Å². The van der Waals surface area contributed by atoms with Gasteiger partial charge >= 0.3 is 5.97 Å². The van der Waals surface area contributed by atoms with E-state index in [4.69, 9.17) is 25.2 Å². The van der Waals surface area contributed by atoms with Gasteiger partial charge in [-0.25, -0.2) is 5.06 Å². The average molecular weight is 1080 g/mol. The lowest BCUT2D eigenvalue weighted by Crippen LogP contribution is -2.54. The number of aliphatic hydroxyl groups excluding tert-OH is 1. The minimum Gasteiger partial charge on any atom is -0.480 e. The van der Waals surface area contributed by atoms with Crippen molar-refractivity contribution in [2.45, 2.75) is 200 Å². The lowest BCUT2D eigenvalue weighted by Gasteiger charge is -2.41. The summed E-state index contributed by atoms with van der Waals surface area (Å²) in [6.45, 7) is 13.2. The molecule has 0 spiro atoms. The minimum absolute atomic E-state index is 0.0211. The molecule has 2 aliphatic heterocycles. The van der Waals surface area contributed by atoms with Crippen molar-refractivity contribution in [3.05, 3.63) is 36.0 Å². The molecule has 18 nitrogen and oxygen atoms in total. The molecule has 2 aliphatic rings. The van der Waals surface area contributed by atoms with Gasteiger partial charge in [0, 0.05) is 89.0 Å². The SMILES string of the molecule is CC[C@H](C)[C@@H]([C@@H](CC(=O)N1CCC[C@H]1[C@H](OC)[C@@H](C)C(=O)C[C@@H](Cc1c[nH]c2ccccc12)C(=O)N1CCCCO1)OC)N(C)C(=O)[C@@H](CC(=O)[C@H](C(C)O)N(C)CCCCCC(=O)CCCCC[C@H](N)C(=O)O)C(C)C. The molecule has 18 heteroatoms. The van der Waals surface area contributed by atoms with Crippen molar-refractivity contribution < 1.29 is 58.1 Å². The van der Waals surface area contributed by atoms with Gasteiger partial charge in [-0.3, -0.25) is 43.3 Å². The predicted octanol–water partition coefficient (Wildman–Crippen LogP) is 7.16. The topological polar surface area (TPSA) is 242 Å². The Labute approximate surface area is 458 Å². The number of aromatic amines is 1. The average Bonchev–Trinajstić information content (AvgIpc) is 4.08. The quantitative estimate of drug-likeness (QED) is 0.0495. The maximum absolute atomic E-state index is 14.7. The summed E-state index contributed by atoms with van der Waals surface area (Å²) in [5.41, 5.74) is 7.46. The number of nitrogens with two attached hydrogens (primary N) is 1. The van der Waals surface area contributed by atoms with Crippen LogP contribution in [-0.2, 0) is 54.3 Å². The van der Waals surface area contributed by atoms with Crippen molar-refractivity contribution >= 4 is 51.9 Å². The first-order valence-corrected chi connectivity index (χ1v) is 28.7. The molecule has 77 heavy (non-hydrogen) atoms. The predicted molar refractivity (Wildman–Crippen MR) is 296 cm³/mol. The molecule has 434 valence electrons. The lowest BCUT2D eigenvalue weighted by atomic mass is 9.84. The zero-order chi connectivity index (χ0) is 56.9. The number of carbonyl (C=O) groups excluding carboxylic acids is 6. The Morgan fingerprint density at radius 1 is 0.857 bits per heavy atom. The number of hydrogen-bond acceptors (Lipinski definition) is 13. The number of nitrogens with one attached hydrogen (secondary N) is 1. The zero-order valence-electron chi connectivity index (χ0n) is 48.2. The molecule has 2 saturated heterocycles. The Kier molecular flexibility index (Phi) is 27.4. The number of carboxylic acid groups (broad SMARTS) is 1. The Morgan fingerprint density at radius 2 is 1.55 bits per heavy atom. The van der Waals surface area contributed by atoms with Crippen molar-refractivity contribution in [3.8, 4) is 0 Å². The summed E-state index contributed by atoms with van der Waals surface area (Å²) in [6.07, 6.45) is 9.04. The van der Waals surface area contributed by atoms with Gasteiger partial charge < -0.3 is 40.2 Å². The summed E-state index contributed by atoms with van der Waals surface area (Å²) in [5, 5.41) is 22.3. The normalized spacial score (nSPS) is 19.1. The van der Waals surface area contributed by atoms with Gasteiger partial charge in [0.25, 0.3) is 0 Å². The number of rotatable bonds is 36. The van der Waals surface area contributed by atoms with Crippen LogP contribution in [-0.4, -0.2) is 173 Å². The van der Waals surface area contributed by atoms with E-state index in [1.165, 1.54) is 5.06 Å². The van der Waals surface area contributed by atoms with Crippen molar-refractivity contribution in [1.29, 1.82) is 0 Å². The second kappa shape index (κ2) is 32.5. The monoisotopic (exact) mass is 1080 g/mol. The van der Waals surface area contributed by atoms with Gasteiger partial charge in [-0.05, 0) is 102 Å². The summed E-state index contributed by atoms with van der Waals surface area (Å²) in [7, 11) is 6.62. The second-order valence-corrected chi connectivity index (χ2v) is 22.6. The number of H-pyrrole nitrogens is 1. The van der Waals surface area contributed by atoms with Crippen molar-refractivity contribution in [2.75, 3.05) is 54.6 Å². The largest absolute Gasteiger partial charge is 0.480 e. The van der Waals surface area contributed by atoms with Crippen molar-refractivity contribution in [1.82, 2.24) is 24.7 Å². The molecule has 0 bridgehead atoms. The summed E-state index contributed by atoms with van der Waals surface area (Å²) >= 11 is 0. The van der Waals surface area contributed by atoms with Crippen LogP contribution in [0.15, 0.2) is 30.5 Å². The number of benzene rings is 1. The summed E-state index contributed by atoms with van der Waals surface area (Å²) in [6, 6.07) is 5.23. The molecular formula is C59H96N6O12. The van der Waals surface area contributed by atoms with Crippen LogP contribution >= 0.6 is 0 Å². The van der Waals surface area contributed by atoms with Gasteiger partial charge in [0.2, 0.25) is 17.7 Å². The van der Waals surface area contributed by atoms with E-state index in [0.717, 1.165) is 42.1 Å². The van der Waals surface area contributed by atoms with Crippen LogP contribution in [0.5, 0.6) is 0 Å². The Morgan fingerprint density at radius 3 is 2.16 bits per heavy atom. The molecular weight excluding hydrogens is 985 g/mol. The highest BCUT2D eigenvalue weighted by Gasteiger charge is 2.44. The number of amides is 3. The number of hydroxylamine groups is 2. The van der Waals surface area contributed by atoms with Crippen LogP contribution in [0.25, 0.3) is 10.9 Å². The van der Waals surface area contributed by atoms with E-state index in [9.17, 15) is 38.7 Å². The van der Waals surface area contributed by atoms with Crippen LogP contribution in [0.1, 0.15) is 156 Å². The number of carboxylic acids is 1. The van der Waals surface area contributed by atoms with Gasteiger partial charge in [-0.1, -0.05) is 78.5 Å². The minimum atomic E-state index is -1.02. The van der Waals surface area contributed by atoms with Crippen LogP contribution in [0.4, 0.5) is 0 Å². The molecule has 4 rings (SSSR count). The number of carbonyl (C=O) groups is 7. The number of fused-ring (bicyclic) bond motifs is 1. The first-order valence-electron chi connectivity index (χ1n) is 28.7. The molecule has 2 aromatic rings. The number of unbranched alkanes of at least 4 members (excludes halogenated alkanes) is 4. The van der Waals surface area contributed by atoms with Crippen molar-refractivity contribution in [3.63, 3.8) is 0 Å². The molecule has 3 amide bonds. The van der Waals surface area contributed by atoms with E-state index in [2.05, 4.69) is 4.98 Å². The van der Waals surface area contributed by atoms with Gasteiger partial charge in [0.05, 0.1) is 55.4 Å². The highest BCUT2D eigenvalue weighted by Crippen LogP contribution is 2.33. The van der Waals surface area contributed by atoms with Gasteiger partial charge in [0.1, 0.15) is 17.6 Å². The van der Waals surface area contributed by atoms with E-state index in [1.807, 2.05) is 70.0 Å². The fraction of sp³-hybridized carbons (Fsp3) is 0.746. The number of likely N-dealkylation sites (tertiary alicyclic amines) is 1. The number of methoxy groups -OCH3 is 2. The lowest BCUT2D eigenvalue weighted by molar-refractivity contribution is -0.201. The number of hydrogen-bond donors (Lipinski definition) is 4. The number of likely N-dealkylation sites (N-methyl/N-ethyl adjacent to an activating group) is 2. The zero-order valence-corrected chi connectivity index (χ0v) is 48.2. The highest BCUT2D eigenvalue weighted by atomic mass is 16.7. The third-order valence-corrected chi connectivity index (χ3v) is 16.6. The van der Waals surface area contributed by atoms with E-state index < -0.39 is 66.2 Å². The number of aromatic nitrogens is 1. The molecule has 11 atom stereocenters. The maximum Gasteiger partial charge on any atom is 0.320 e. The first-order chi connectivity index (χ1) is 36.7. The smallest absolute Gasteiger partial charge is 0.320 e. The number of ether oxygens (including phenoxy) is 2. The van der Waals surface area contributed by atoms with Gasteiger partial charge in [0.15, 0.2) is 5.78 Å². The Bertz CT molecular complexity index is 2190. The first kappa shape index (κ1) is 64.9. The molecule has 1 unspecified atom stereocenters. The fourth-order valence-corrected chi connectivity index (χ4v) is 11.8. The van der Waals surface area contributed by atoms with Crippen LogP contribution in [0, 0.1) is 29.6 Å². The number of ketones is 3. The standard InChI is InChI=1S/C59H96N6O12/c1-11-39(4)54(63(8)58(72)46(38(2)3)35-51(69)55(41(6)66)62(7)29-19-13-15-24-44(67)23-14-12-16-26-47(60)59(73)74)52(75-9)36-53(70)64-30-22-28-49(64)56(76-10)40(5)50(68)34-42(57(71)65-31-20-21-32-77-65)33-43-37-61-48-27-18-17-25-45(43)48/h17-18,25,27,37-42,46-47,49,52,54-56,61,66H,11-16,19-24,26,28-36,60H2,1-10H3,(H,73,74)/t39-,40-,41?,42+,46-,47-,49-,52+,54-,55-,56+/m0/s1. The highest BCUT2D eigenvalue weighted by molar-refractivity contribution is 5.91. The van der Waals surface area contributed by atoms with Gasteiger partial charge in [-0.2, -0.15) is 0 Å². The summed E-state index contributed by atoms with van der Waals surface area (Å²) < 4.78 is 12.3. The summed E-state index contributed by atoms with van der Waals surface area (Å²) in [5.74, 6) is -4.21. The Hall–Kier alpha value is -4.59. The van der Waals surface area contributed by atoms with Crippen molar-refractivity contribution in [2.24, 2.45) is 35.3 Å². The van der Waals surface area contributed by atoms with E-state index >= 15 is 0 Å². The molecule has 0 saturated carbocycles. The third kappa shape index (κ3) is 18.8. The number of aliphatic carboxylic acids is 1. The molecule has 2 fully saturated rings. The molecule has 0 radical (unpaired) electrons. The molecule has 1 aromatic carbocycles. The maximum atomic E-state index is 14.7. The molecule has 5 N–H and O–H groups in total. The van der Waals surface area contributed by atoms with E-state index in [1.54, 1.807) is 45.0 Å². The van der Waals surface area contributed by atoms with Gasteiger partial charge in [-0.15, -0.1) is 0 Å². The number of Topliss-reactive ketones (excluding diaryl/α,β-unsaturated/α-hetero) is 3.